The number of ether oxygens (including phenoxy) is 2. The minimum atomic E-state index is -0.263. The van der Waals surface area contributed by atoms with Gasteiger partial charge in [-0.1, -0.05) is 0 Å². The van der Waals surface area contributed by atoms with Gasteiger partial charge in [0.25, 0.3) is 0 Å². The summed E-state index contributed by atoms with van der Waals surface area (Å²) in [6.07, 6.45) is 0. The highest BCUT2D eigenvalue weighted by Gasteiger charge is 2.11. The normalized spacial score (nSPS) is 11.4. The van der Waals surface area contributed by atoms with Crippen molar-refractivity contribution in [1.82, 2.24) is 0 Å². The number of nitriles is 1. The average Bonchev–Trinajstić information content (AvgIpc) is 2.30. The fraction of sp³-hybridized carbons (Fsp3) is 0.417. The van der Waals surface area contributed by atoms with Gasteiger partial charge in [0.05, 0.1) is 26.0 Å². The predicted octanol–water partition coefficient (Wildman–Crippen LogP) is 2.34. The van der Waals surface area contributed by atoms with Crippen LogP contribution in [0, 0.1) is 18.3 Å². The monoisotopic (exact) mass is 220 g/mol. The van der Waals surface area contributed by atoms with Gasteiger partial charge in [-0.05, 0) is 25.5 Å². The molecule has 0 aliphatic heterocycles. The Hall–Kier alpha value is -1.89. The highest BCUT2D eigenvalue weighted by molar-refractivity contribution is 5.65. The molecule has 0 aliphatic carbocycles. The van der Waals surface area contributed by atoms with E-state index in [4.69, 9.17) is 14.7 Å². The molecule has 1 atom stereocenters. The lowest BCUT2D eigenvalue weighted by Gasteiger charge is -2.16. The second-order valence-corrected chi connectivity index (χ2v) is 3.52. The molecule has 16 heavy (non-hydrogen) atoms. The van der Waals surface area contributed by atoms with Crippen molar-refractivity contribution in [2.24, 2.45) is 0 Å². The van der Waals surface area contributed by atoms with Gasteiger partial charge in [-0.25, -0.2) is 0 Å². The second kappa shape index (κ2) is 5.26. The fourth-order valence-corrected chi connectivity index (χ4v) is 1.44. The van der Waals surface area contributed by atoms with Crippen molar-refractivity contribution < 1.29 is 9.47 Å². The fourth-order valence-electron chi connectivity index (χ4n) is 1.44. The maximum atomic E-state index is 8.77. The number of hydrogen-bond acceptors (Lipinski definition) is 4. The van der Waals surface area contributed by atoms with Crippen LogP contribution in [-0.4, -0.2) is 20.3 Å². The summed E-state index contributed by atoms with van der Waals surface area (Å²) in [5.74, 6) is 1.42. The molecule has 4 heteroatoms. The number of aryl methyl sites for hydroxylation is 1. The first kappa shape index (κ1) is 12.2. The Morgan fingerprint density at radius 2 is 2.00 bits per heavy atom. The molecule has 4 nitrogen and oxygen atoms in total. The first-order valence-corrected chi connectivity index (χ1v) is 5.01. The van der Waals surface area contributed by atoms with Crippen LogP contribution >= 0.6 is 0 Å². The van der Waals surface area contributed by atoms with Crippen molar-refractivity contribution in [2.75, 3.05) is 19.5 Å². The van der Waals surface area contributed by atoms with Crippen molar-refractivity contribution >= 4 is 5.69 Å². The zero-order chi connectivity index (χ0) is 12.1. The summed E-state index contributed by atoms with van der Waals surface area (Å²) in [4.78, 5) is 0. The van der Waals surface area contributed by atoms with Gasteiger partial charge in [-0.15, -0.1) is 0 Å². The molecular formula is C12H16N2O2. The van der Waals surface area contributed by atoms with E-state index in [1.807, 2.05) is 13.0 Å². The first-order valence-electron chi connectivity index (χ1n) is 5.01. The van der Waals surface area contributed by atoms with Crippen LogP contribution in [0.4, 0.5) is 5.69 Å². The third-order valence-corrected chi connectivity index (χ3v) is 2.28. The van der Waals surface area contributed by atoms with E-state index in [0.717, 1.165) is 17.0 Å². The molecule has 0 fully saturated rings. The number of nitrogens with zero attached hydrogens (tertiary/aromatic N) is 1. The smallest absolute Gasteiger partial charge is 0.145 e. The van der Waals surface area contributed by atoms with Gasteiger partial charge in [-0.3, -0.25) is 0 Å². The Morgan fingerprint density at radius 3 is 2.50 bits per heavy atom. The minimum Gasteiger partial charge on any atom is -0.497 e. The van der Waals surface area contributed by atoms with Gasteiger partial charge in [0, 0.05) is 6.07 Å². The molecule has 0 aromatic heterocycles. The third-order valence-electron chi connectivity index (χ3n) is 2.28. The van der Waals surface area contributed by atoms with E-state index in [-0.39, 0.29) is 6.04 Å². The van der Waals surface area contributed by atoms with Crippen LogP contribution in [0.15, 0.2) is 12.1 Å². The number of anilines is 1. The van der Waals surface area contributed by atoms with Gasteiger partial charge in [0.1, 0.15) is 17.5 Å². The molecule has 1 N–H and O–H groups in total. The Bertz CT molecular complexity index is 410. The average molecular weight is 220 g/mol. The van der Waals surface area contributed by atoms with Crippen LogP contribution in [0.2, 0.25) is 0 Å². The van der Waals surface area contributed by atoms with Crippen molar-refractivity contribution in [3.63, 3.8) is 0 Å². The van der Waals surface area contributed by atoms with Crippen molar-refractivity contribution in [3.05, 3.63) is 17.7 Å². The van der Waals surface area contributed by atoms with Gasteiger partial charge >= 0.3 is 0 Å². The zero-order valence-corrected chi connectivity index (χ0v) is 10.00. The van der Waals surface area contributed by atoms with E-state index in [1.54, 1.807) is 27.2 Å². The maximum Gasteiger partial charge on any atom is 0.145 e. The first-order chi connectivity index (χ1) is 7.62. The molecule has 1 unspecified atom stereocenters. The Morgan fingerprint density at radius 1 is 1.31 bits per heavy atom. The number of rotatable bonds is 4. The van der Waals surface area contributed by atoms with Crippen LogP contribution in [0.1, 0.15) is 12.5 Å². The minimum absolute atomic E-state index is 0.263. The van der Waals surface area contributed by atoms with E-state index in [1.165, 1.54) is 0 Å². The summed E-state index contributed by atoms with van der Waals surface area (Å²) in [6.45, 7) is 3.74. The van der Waals surface area contributed by atoms with Crippen molar-refractivity contribution in [1.29, 1.82) is 5.26 Å². The van der Waals surface area contributed by atoms with Gasteiger partial charge < -0.3 is 14.8 Å². The predicted molar refractivity (Wildman–Crippen MR) is 63.0 cm³/mol. The molecule has 0 saturated heterocycles. The van der Waals surface area contributed by atoms with E-state index in [9.17, 15) is 0 Å². The Kier molecular flexibility index (Phi) is 4.01. The number of nitrogens with one attached hydrogen (secondary N) is 1. The lowest BCUT2D eigenvalue weighted by Crippen LogP contribution is -2.13. The Balaban J connectivity index is 3.12. The lowest BCUT2D eigenvalue weighted by atomic mass is 10.1. The Labute approximate surface area is 95.8 Å². The SMILES string of the molecule is COc1cc(C)c(NC(C)C#N)c(OC)c1. The molecule has 0 saturated carbocycles. The van der Waals surface area contributed by atoms with E-state index in [2.05, 4.69) is 11.4 Å². The molecule has 0 aliphatic rings. The molecule has 0 radical (unpaired) electrons. The van der Waals surface area contributed by atoms with Crippen LogP contribution < -0.4 is 14.8 Å². The van der Waals surface area contributed by atoms with Crippen LogP contribution in [0.5, 0.6) is 11.5 Å². The molecule has 1 aromatic carbocycles. The summed E-state index contributed by atoms with van der Waals surface area (Å²) in [7, 11) is 3.20. The number of hydrogen-bond donors (Lipinski definition) is 1. The molecule has 1 rings (SSSR count). The highest BCUT2D eigenvalue weighted by Crippen LogP contribution is 2.33. The topological polar surface area (TPSA) is 54.3 Å². The summed E-state index contributed by atoms with van der Waals surface area (Å²) >= 11 is 0. The summed E-state index contributed by atoms with van der Waals surface area (Å²) in [5, 5.41) is 11.9. The third kappa shape index (κ3) is 2.57. The molecule has 0 spiro atoms. The number of methoxy groups -OCH3 is 2. The molecule has 1 aromatic rings. The lowest BCUT2D eigenvalue weighted by molar-refractivity contribution is 0.395. The molecule has 0 heterocycles. The van der Waals surface area contributed by atoms with E-state index < -0.39 is 0 Å². The molecule has 86 valence electrons. The number of benzene rings is 1. The van der Waals surface area contributed by atoms with Crippen molar-refractivity contribution in [2.45, 2.75) is 19.9 Å². The summed E-state index contributed by atoms with van der Waals surface area (Å²) in [5.41, 5.74) is 1.82. The van der Waals surface area contributed by atoms with Gasteiger partial charge in [0.15, 0.2) is 0 Å². The molecule has 0 bridgehead atoms. The van der Waals surface area contributed by atoms with Crippen molar-refractivity contribution in [3.8, 4) is 17.6 Å². The van der Waals surface area contributed by atoms with Gasteiger partial charge in [0.2, 0.25) is 0 Å². The molecular weight excluding hydrogens is 204 g/mol. The quantitative estimate of drug-likeness (QED) is 0.846. The maximum absolute atomic E-state index is 8.77. The zero-order valence-electron chi connectivity index (χ0n) is 10.00. The second-order valence-electron chi connectivity index (χ2n) is 3.52. The molecule has 0 amide bonds. The highest BCUT2D eigenvalue weighted by atomic mass is 16.5. The standard InChI is InChI=1S/C12H16N2O2/c1-8-5-10(15-3)6-11(16-4)12(8)14-9(2)7-13/h5-6,9,14H,1-4H3. The van der Waals surface area contributed by atoms with Crippen LogP contribution in [-0.2, 0) is 0 Å². The van der Waals surface area contributed by atoms with Gasteiger partial charge in [-0.2, -0.15) is 5.26 Å². The van der Waals surface area contributed by atoms with Crippen LogP contribution in [0.25, 0.3) is 0 Å². The largest absolute Gasteiger partial charge is 0.497 e. The summed E-state index contributed by atoms with van der Waals surface area (Å²) < 4.78 is 10.4. The van der Waals surface area contributed by atoms with Crippen LogP contribution in [0.3, 0.4) is 0 Å². The summed E-state index contributed by atoms with van der Waals surface area (Å²) in [6, 6.07) is 5.55. The van der Waals surface area contributed by atoms with E-state index in [0.29, 0.717) is 5.75 Å². The van der Waals surface area contributed by atoms with E-state index >= 15 is 0 Å².